The topological polar surface area (TPSA) is 89.9 Å². The fourth-order valence-corrected chi connectivity index (χ4v) is 5.02. The minimum atomic E-state index is -2.48. The van der Waals surface area contributed by atoms with Gasteiger partial charge >= 0.3 is 5.97 Å². The monoisotopic (exact) mass is 450 g/mol. The van der Waals surface area contributed by atoms with Crippen LogP contribution in [-0.2, 0) is 22.5 Å². The first kappa shape index (κ1) is 22.0. The van der Waals surface area contributed by atoms with Gasteiger partial charge in [0.25, 0.3) is 0 Å². The number of aryl methyl sites for hydroxylation is 1. The molecule has 0 aliphatic heterocycles. The van der Waals surface area contributed by atoms with E-state index in [9.17, 15) is 13.6 Å². The van der Waals surface area contributed by atoms with Crippen LogP contribution in [0.15, 0.2) is 66.7 Å². The quantitative estimate of drug-likeness (QED) is 0.522. The van der Waals surface area contributed by atoms with E-state index in [1.165, 1.54) is 4.31 Å². The van der Waals surface area contributed by atoms with E-state index < -0.39 is 23.8 Å². The summed E-state index contributed by atoms with van der Waals surface area (Å²) in [5.74, 6) is -0.549. The van der Waals surface area contributed by atoms with Crippen molar-refractivity contribution in [1.29, 1.82) is 0 Å². The Morgan fingerprint density at radius 3 is 2.56 bits per heavy atom. The van der Waals surface area contributed by atoms with Gasteiger partial charge < -0.3 is 14.4 Å². The number of ether oxygens (including phenoxy) is 1. The van der Waals surface area contributed by atoms with E-state index in [4.69, 9.17) is 9.84 Å². The van der Waals surface area contributed by atoms with Gasteiger partial charge in [0.15, 0.2) is 6.61 Å². The lowest BCUT2D eigenvalue weighted by molar-refractivity contribution is -0.139. The predicted molar refractivity (Wildman–Crippen MR) is 123 cm³/mol. The van der Waals surface area contributed by atoms with Crippen molar-refractivity contribution in [3.8, 4) is 16.9 Å². The van der Waals surface area contributed by atoms with Crippen LogP contribution in [0.5, 0.6) is 5.75 Å². The summed E-state index contributed by atoms with van der Waals surface area (Å²) in [5, 5.41) is 8.95. The number of fused-ring (bicyclic) bond motifs is 1. The van der Waals surface area contributed by atoms with Crippen molar-refractivity contribution in [3.63, 3.8) is 0 Å². The Labute approximate surface area is 189 Å². The number of anilines is 1. The molecule has 0 heterocycles. The molecule has 166 valence electrons. The van der Waals surface area contributed by atoms with E-state index in [1.807, 2.05) is 55.5 Å². The highest BCUT2D eigenvalue weighted by Gasteiger charge is 2.29. The molecule has 0 radical (unpaired) electrons. The molecule has 0 bridgehead atoms. The van der Waals surface area contributed by atoms with Crippen molar-refractivity contribution in [2.75, 3.05) is 10.9 Å². The second-order valence-corrected chi connectivity index (χ2v) is 8.70. The molecule has 0 amide bonds. The van der Waals surface area contributed by atoms with Gasteiger partial charge in [-0.25, -0.2) is 4.79 Å². The molecular formula is C25H24NO5S-. The molecule has 1 N–H and O–H groups in total. The maximum Gasteiger partial charge on any atom is 0.341 e. The predicted octanol–water partition coefficient (Wildman–Crippen LogP) is 4.80. The Morgan fingerprint density at radius 1 is 1.12 bits per heavy atom. The third kappa shape index (κ3) is 4.69. The number of aliphatic carboxylic acids is 1. The van der Waals surface area contributed by atoms with Gasteiger partial charge in [0.1, 0.15) is 5.75 Å². The lowest BCUT2D eigenvalue weighted by atomic mass is 9.87. The number of benzene rings is 3. The molecule has 1 aliphatic carbocycles. The van der Waals surface area contributed by atoms with Gasteiger partial charge in [0.2, 0.25) is 0 Å². The minimum absolute atomic E-state index is 0.379. The molecule has 3 aromatic carbocycles. The molecule has 4 rings (SSSR count). The van der Waals surface area contributed by atoms with Gasteiger partial charge in [0.05, 0.1) is 6.04 Å². The Kier molecular flexibility index (Phi) is 6.58. The van der Waals surface area contributed by atoms with Crippen molar-refractivity contribution in [2.45, 2.75) is 32.2 Å². The van der Waals surface area contributed by atoms with Crippen molar-refractivity contribution in [2.24, 2.45) is 0 Å². The number of rotatable bonds is 7. The van der Waals surface area contributed by atoms with Crippen LogP contribution in [0.25, 0.3) is 11.1 Å². The molecule has 7 heteroatoms. The van der Waals surface area contributed by atoms with E-state index in [0.717, 1.165) is 34.2 Å². The average Bonchev–Trinajstić information content (AvgIpc) is 2.78. The van der Waals surface area contributed by atoms with Gasteiger partial charge in [-0.1, -0.05) is 54.1 Å². The summed E-state index contributed by atoms with van der Waals surface area (Å²) in [6.45, 7) is 1.61. The van der Waals surface area contributed by atoms with Crippen LogP contribution >= 0.6 is 0 Å². The summed E-state index contributed by atoms with van der Waals surface area (Å²) in [7, 11) is 0. The number of carboxylic acid groups (broad SMARTS) is 1. The van der Waals surface area contributed by atoms with Crippen molar-refractivity contribution in [3.05, 3.63) is 83.4 Å². The second-order valence-electron chi connectivity index (χ2n) is 7.87. The minimum Gasteiger partial charge on any atom is -0.755 e. The molecule has 3 aromatic rings. The van der Waals surface area contributed by atoms with Crippen LogP contribution < -0.4 is 9.04 Å². The smallest absolute Gasteiger partial charge is 0.341 e. The van der Waals surface area contributed by atoms with Gasteiger partial charge in [-0.05, 0) is 66.6 Å². The van der Waals surface area contributed by atoms with Crippen molar-refractivity contribution < 1.29 is 23.4 Å². The van der Waals surface area contributed by atoms with Gasteiger partial charge in [-0.15, -0.1) is 0 Å². The summed E-state index contributed by atoms with van der Waals surface area (Å²) >= 11 is -2.48. The van der Waals surface area contributed by atoms with Crippen LogP contribution in [0.3, 0.4) is 0 Å². The lowest BCUT2D eigenvalue weighted by Gasteiger charge is -2.38. The molecule has 2 unspecified atom stereocenters. The Balaban J connectivity index is 1.67. The molecule has 6 nitrogen and oxygen atoms in total. The highest BCUT2D eigenvalue weighted by Crippen LogP contribution is 2.41. The number of carbonyl (C=O) groups is 1. The molecule has 1 aliphatic rings. The summed E-state index contributed by atoms with van der Waals surface area (Å²) in [4.78, 5) is 10.9. The third-order valence-corrected chi connectivity index (χ3v) is 6.49. The summed E-state index contributed by atoms with van der Waals surface area (Å²) in [6.07, 6.45) is 2.16. The number of hydrogen-bond donors (Lipinski definition) is 1. The third-order valence-electron chi connectivity index (χ3n) is 5.70. The normalized spacial score (nSPS) is 16.1. The molecule has 0 spiro atoms. The number of carboxylic acids is 1. The zero-order valence-electron chi connectivity index (χ0n) is 17.7. The zero-order chi connectivity index (χ0) is 22.7. The highest BCUT2D eigenvalue weighted by atomic mass is 32.2. The van der Waals surface area contributed by atoms with Crippen molar-refractivity contribution >= 4 is 22.9 Å². The molecule has 0 saturated carbocycles. The standard InChI is InChI=1S/C25H25NO5S/c1-17-5-2-6-19(15-17)18-11-13-20(14-12-18)26(32(29)30)23-9-3-8-22-21(23)7-4-10-24(22)31-16-25(27)28/h2,4-7,10-15,23H,3,8-9,16H2,1H3,(H,27,28)(H,29,30)/p-1. The number of hydrogen-bond acceptors (Lipinski definition) is 4. The highest BCUT2D eigenvalue weighted by molar-refractivity contribution is 7.80. The molecule has 32 heavy (non-hydrogen) atoms. The molecule has 0 aromatic heterocycles. The van der Waals surface area contributed by atoms with Gasteiger partial charge in [-0.3, -0.25) is 8.51 Å². The summed E-state index contributed by atoms with van der Waals surface area (Å²) < 4.78 is 31.5. The van der Waals surface area contributed by atoms with Gasteiger partial charge in [-0.2, -0.15) is 0 Å². The Morgan fingerprint density at radius 2 is 1.88 bits per heavy atom. The number of nitrogens with zero attached hydrogens (tertiary/aromatic N) is 1. The fraction of sp³-hybridized carbons (Fsp3) is 0.240. The van der Waals surface area contributed by atoms with Gasteiger partial charge in [0, 0.05) is 17.0 Å². The van der Waals surface area contributed by atoms with E-state index >= 15 is 0 Å². The van der Waals surface area contributed by atoms with E-state index in [2.05, 4.69) is 6.07 Å². The first-order valence-electron chi connectivity index (χ1n) is 10.5. The van der Waals surface area contributed by atoms with Crippen molar-refractivity contribution in [1.82, 2.24) is 0 Å². The largest absolute Gasteiger partial charge is 0.755 e. The van der Waals surface area contributed by atoms with Crippen LogP contribution in [0, 0.1) is 6.92 Å². The molecule has 0 saturated heterocycles. The average molecular weight is 451 g/mol. The van der Waals surface area contributed by atoms with E-state index in [0.29, 0.717) is 24.3 Å². The fourth-order valence-electron chi connectivity index (χ4n) is 4.30. The summed E-state index contributed by atoms with van der Waals surface area (Å²) in [5.41, 5.74) is 5.57. The molecular weight excluding hydrogens is 426 g/mol. The second kappa shape index (κ2) is 9.54. The van der Waals surface area contributed by atoms with Crippen LogP contribution in [0.2, 0.25) is 0 Å². The molecule has 2 atom stereocenters. The first-order chi connectivity index (χ1) is 15.4. The Hall–Kier alpha value is -3.16. The van der Waals surface area contributed by atoms with E-state index in [-0.39, 0.29) is 6.04 Å². The van der Waals surface area contributed by atoms with E-state index in [1.54, 1.807) is 12.1 Å². The lowest BCUT2D eigenvalue weighted by Crippen LogP contribution is -2.33. The van der Waals surface area contributed by atoms with Crippen LogP contribution in [0.1, 0.15) is 35.6 Å². The maximum absolute atomic E-state index is 12.3. The first-order valence-corrected chi connectivity index (χ1v) is 11.5. The zero-order valence-corrected chi connectivity index (χ0v) is 18.5. The summed E-state index contributed by atoms with van der Waals surface area (Å²) in [6, 6.07) is 20.7. The van der Waals surface area contributed by atoms with Crippen LogP contribution in [0.4, 0.5) is 5.69 Å². The van der Waals surface area contributed by atoms with Crippen LogP contribution in [-0.4, -0.2) is 26.4 Å². The molecule has 0 fully saturated rings. The Bertz CT molecular complexity index is 1150. The SMILES string of the molecule is Cc1cccc(-c2ccc(N(C3CCCc4c(OCC(=O)O)cccc43)S(=O)[O-])cc2)c1. The maximum atomic E-state index is 12.3.